The molecule has 144 valence electrons. The Bertz CT molecular complexity index is 966. The lowest BCUT2D eigenvalue weighted by atomic mass is 10.1. The van der Waals surface area contributed by atoms with E-state index < -0.39 is 0 Å². The lowest BCUT2D eigenvalue weighted by molar-refractivity contribution is 0.102. The minimum absolute atomic E-state index is 0.247. The summed E-state index contributed by atoms with van der Waals surface area (Å²) in [5, 5.41) is 6.88. The minimum atomic E-state index is -0.247. The van der Waals surface area contributed by atoms with E-state index in [1.54, 1.807) is 6.07 Å². The predicted molar refractivity (Wildman–Crippen MR) is 114 cm³/mol. The lowest BCUT2D eigenvalue weighted by Gasteiger charge is -2.12. The summed E-state index contributed by atoms with van der Waals surface area (Å²) < 4.78 is 0. The van der Waals surface area contributed by atoms with Crippen molar-refractivity contribution in [2.45, 2.75) is 27.2 Å². The van der Waals surface area contributed by atoms with E-state index in [4.69, 9.17) is 11.6 Å². The number of para-hydroxylation sites is 1. The maximum Gasteiger partial charge on any atom is 0.274 e. The molecule has 0 aliphatic heterocycles. The van der Waals surface area contributed by atoms with Gasteiger partial charge in [0.1, 0.15) is 5.69 Å². The number of nitrogens with zero attached hydrogens (tertiary/aromatic N) is 2. The van der Waals surface area contributed by atoms with Crippen LogP contribution in [-0.2, 0) is 6.42 Å². The zero-order valence-corrected chi connectivity index (χ0v) is 17.0. The van der Waals surface area contributed by atoms with Gasteiger partial charge in [-0.1, -0.05) is 41.9 Å². The molecule has 0 fully saturated rings. The number of carbonyl (C=O) groups is 1. The molecule has 5 nitrogen and oxygen atoms in total. The summed E-state index contributed by atoms with van der Waals surface area (Å²) in [6.07, 6.45) is 0.804. The van der Waals surface area contributed by atoms with E-state index in [-0.39, 0.29) is 5.91 Å². The standard InChI is InChI=1S/C22H23ClN4O/c1-14-5-4-6-15(2)20(14)27-21(28)19-13-16(3)25-22(26-19)24-12-11-17-7-9-18(23)10-8-17/h4-10,13H,11-12H2,1-3H3,(H,27,28)(H,24,25,26). The van der Waals surface area contributed by atoms with Crippen LogP contribution in [0.1, 0.15) is 32.9 Å². The fraction of sp³-hybridized carbons (Fsp3) is 0.227. The van der Waals surface area contributed by atoms with Crippen molar-refractivity contribution in [2.75, 3.05) is 17.2 Å². The Morgan fingerprint density at radius 1 is 1.00 bits per heavy atom. The average Bonchev–Trinajstić information content (AvgIpc) is 2.66. The summed E-state index contributed by atoms with van der Waals surface area (Å²) in [5.74, 6) is 0.198. The number of nitrogens with one attached hydrogen (secondary N) is 2. The van der Waals surface area contributed by atoms with Gasteiger partial charge in [-0.3, -0.25) is 4.79 Å². The predicted octanol–water partition coefficient (Wildman–Crippen LogP) is 4.96. The molecule has 2 aromatic carbocycles. The largest absolute Gasteiger partial charge is 0.354 e. The molecule has 3 aromatic rings. The highest BCUT2D eigenvalue weighted by Crippen LogP contribution is 2.20. The van der Waals surface area contributed by atoms with E-state index in [2.05, 4.69) is 20.6 Å². The number of aryl methyl sites for hydroxylation is 3. The molecule has 1 aromatic heterocycles. The fourth-order valence-corrected chi connectivity index (χ4v) is 3.05. The Balaban J connectivity index is 1.68. The van der Waals surface area contributed by atoms with E-state index >= 15 is 0 Å². The van der Waals surface area contributed by atoms with E-state index in [0.29, 0.717) is 18.2 Å². The molecule has 0 radical (unpaired) electrons. The molecule has 0 bridgehead atoms. The summed E-state index contributed by atoms with van der Waals surface area (Å²) >= 11 is 5.91. The maximum absolute atomic E-state index is 12.7. The lowest BCUT2D eigenvalue weighted by Crippen LogP contribution is -2.18. The summed E-state index contributed by atoms with van der Waals surface area (Å²) in [5.41, 5.74) is 5.08. The highest BCUT2D eigenvalue weighted by molar-refractivity contribution is 6.30. The van der Waals surface area contributed by atoms with Gasteiger partial charge in [0.25, 0.3) is 5.91 Å². The van der Waals surface area contributed by atoms with Crippen LogP contribution in [0.15, 0.2) is 48.5 Å². The third-order valence-corrected chi connectivity index (χ3v) is 4.67. The van der Waals surface area contributed by atoms with Gasteiger partial charge in [0.15, 0.2) is 0 Å². The van der Waals surface area contributed by atoms with Crippen molar-refractivity contribution in [3.63, 3.8) is 0 Å². The van der Waals surface area contributed by atoms with Crippen molar-refractivity contribution in [3.8, 4) is 0 Å². The highest BCUT2D eigenvalue weighted by Gasteiger charge is 2.13. The molecule has 1 amide bonds. The number of amides is 1. The van der Waals surface area contributed by atoms with Crippen molar-refractivity contribution >= 4 is 29.1 Å². The second-order valence-corrected chi connectivity index (χ2v) is 7.18. The normalized spacial score (nSPS) is 10.6. The van der Waals surface area contributed by atoms with Crippen LogP contribution >= 0.6 is 11.6 Å². The monoisotopic (exact) mass is 394 g/mol. The van der Waals surface area contributed by atoms with Crippen molar-refractivity contribution in [1.29, 1.82) is 0 Å². The first-order chi connectivity index (χ1) is 13.4. The molecule has 0 aliphatic rings. The molecule has 0 unspecified atom stereocenters. The third kappa shape index (κ3) is 5.08. The van der Waals surface area contributed by atoms with Crippen LogP contribution < -0.4 is 10.6 Å². The van der Waals surface area contributed by atoms with Crippen molar-refractivity contribution in [2.24, 2.45) is 0 Å². The molecular formula is C22H23ClN4O. The van der Waals surface area contributed by atoms with Crippen LogP contribution in [0.4, 0.5) is 11.6 Å². The van der Waals surface area contributed by atoms with Gasteiger partial charge in [-0.05, 0) is 62.1 Å². The third-order valence-electron chi connectivity index (χ3n) is 4.42. The molecule has 0 saturated carbocycles. The number of carbonyl (C=O) groups excluding carboxylic acids is 1. The molecule has 3 rings (SSSR count). The van der Waals surface area contributed by atoms with Gasteiger partial charge in [-0.2, -0.15) is 0 Å². The molecule has 28 heavy (non-hydrogen) atoms. The maximum atomic E-state index is 12.7. The molecule has 0 saturated heterocycles. The number of hydrogen-bond donors (Lipinski definition) is 2. The average molecular weight is 395 g/mol. The number of hydrogen-bond acceptors (Lipinski definition) is 4. The van der Waals surface area contributed by atoms with Crippen molar-refractivity contribution in [1.82, 2.24) is 9.97 Å². The molecule has 6 heteroatoms. The molecule has 0 spiro atoms. The fourth-order valence-electron chi connectivity index (χ4n) is 2.92. The Kier molecular flexibility index (Phi) is 6.26. The zero-order valence-electron chi connectivity index (χ0n) is 16.2. The topological polar surface area (TPSA) is 66.9 Å². The summed E-state index contributed by atoms with van der Waals surface area (Å²) in [7, 11) is 0. The first-order valence-corrected chi connectivity index (χ1v) is 9.52. The Hall–Kier alpha value is -2.92. The highest BCUT2D eigenvalue weighted by atomic mass is 35.5. The van der Waals surface area contributed by atoms with Gasteiger partial charge in [0, 0.05) is 22.9 Å². The number of rotatable bonds is 6. The van der Waals surface area contributed by atoms with Crippen LogP contribution in [0.5, 0.6) is 0 Å². The summed E-state index contributed by atoms with van der Waals surface area (Å²) in [6, 6.07) is 15.3. The first-order valence-electron chi connectivity index (χ1n) is 9.14. The van der Waals surface area contributed by atoms with Crippen LogP contribution in [-0.4, -0.2) is 22.4 Å². The van der Waals surface area contributed by atoms with Crippen LogP contribution in [0.3, 0.4) is 0 Å². The summed E-state index contributed by atoms with van der Waals surface area (Å²) in [6.45, 7) is 6.44. The molecule has 1 heterocycles. The van der Waals surface area contributed by atoms with Crippen molar-refractivity contribution < 1.29 is 4.79 Å². The number of benzene rings is 2. The van der Waals surface area contributed by atoms with Gasteiger partial charge in [0.05, 0.1) is 0 Å². The Labute approximate surface area is 170 Å². The minimum Gasteiger partial charge on any atom is -0.354 e. The SMILES string of the molecule is Cc1cc(C(=O)Nc2c(C)cccc2C)nc(NCCc2ccc(Cl)cc2)n1. The van der Waals surface area contributed by atoms with Crippen molar-refractivity contribution in [3.05, 3.63) is 81.6 Å². The smallest absolute Gasteiger partial charge is 0.274 e. The van der Waals surface area contributed by atoms with Gasteiger partial charge < -0.3 is 10.6 Å². The molecular weight excluding hydrogens is 372 g/mol. The molecule has 0 aliphatic carbocycles. The quantitative estimate of drug-likeness (QED) is 0.619. The number of halogens is 1. The van der Waals surface area contributed by atoms with Gasteiger partial charge in [0.2, 0.25) is 5.95 Å². The second-order valence-electron chi connectivity index (χ2n) is 6.74. The van der Waals surface area contributed by atoms with Crippen LogP contribution in [0.2, 0.25) is 5.02 Å². The number of anilines is 2. The Morgan fingerprint density at radius 2 is 1.68 bits per heavy atom. The van der Waals surface area contributed by atoms with Gasteiger partial charge >= 0.3 is 0 Å². The van der Waals surface area contributed by atoms with Gasteiger partial charge in [-0.25, -0.2) is 9.97 Å². The zero-order chi connectivity index (χ0) is 20.1. The van der Waals surface area contributed by atoms with E-state index in [9.17, 15) is 4.79 Å². The van der Waals surface area contributed by atoms with E-state index in [1.165, 1.54) is 0 Å². The molecule has 2 N–H and O–H groups in total. The van der Waals surface area contributed by atoms with Crippen LogP contribution in [0.25, 0.3) is 0 Å². The van der Waals surface area contributed by atoms with E-state index in [0.717, 1.165) is 39.5 Å². The molecule has 0 atom stereocenters. The second kappa shape index (κ2) is 8.85. The Morgan fingerprint density at radius 3 is 2.36 bits per heavy atom. The van der Waals surface area contributed by atoms with E-state index in [1.807, 2.05) is 63.2 Å². The van der Waals surface area contributed by atoms with Crippen LogP contribution in [0, 0.1) is 20.8 Å². The summed E-state index contributed by atoms with van der Waals surface area (Å²) in [4.78, 5) is 21.5. The number of aromatic nitrogens is 2. The van der Waals surface area contributed by atoms with Gasteiger partial charge in [-0.15, -0.1) is 0 Å². The first kappa shape index (κ1) is 19.8.